The zero-order valence-corrected chi connectivity index (χ0v) is 30.4. The van der Waals surface area contributed by atoms with Crippen molar-refractivity contribution in [1.82, 2.24) is 5.32 Å². The van der Waals surface area contributed by atoms with Crippen LogP contribution in [0.2, 0.25) is 0 Å². The molecule has 0 aromatic heterocycles. The molecule has 0 radical (unpaired) electrons. The third kappa shape index (κ3) is 5.90. The molecule has 3 nitrogen and oxygen atoms in total. The molecule has 54 heavy (non-hydrogen) atoms. The molecule has 0 saturated carbocycles. The van der Waals surface area contributed by atoms with Crippen molar-refractivity contribution in [2.75, 3.05) is 0 Å². The third-order valence-corrected chi connectivity index (χ3v) is 10.3. The Kier molecular flexibility index (Phi) is 8.74. The van der Waals surface area contributed by atoms with E-state index >= 15 is 0 Å². The molecule has 9 aromatic carbocycles. The van der Waals surface area contributed by atoms with Gasteiger partial charge >= 0.3 is 0 Å². The summed E-state index contributed by atoms with van der Waals surface area (Å²) in [4.78, 5) is 10.2. The van der Waals surface area contributed by atoms with Crippen LogP contribution >= 0.6 is 0 Å². The summed E-state index contributed by atoms with van der Waals surface area (Å²) in [6.45, 7) is 4.00. The molecule has 3 heteroatoms. The van der Waals surface area contributed by atoms with Gasteiger partial charge in [0.2, 0.25) is 0 Å². The quantitative estimate of drug-likeness (QED) is 0.179. The van der Waals surface area contributed by atoms with E-state index in [9.17, 15) is 0 Å². The predicted molar refractivity (Wildman–Crippen MR) is 231 cm³/mol. The Labute approximate surface area is 316 Å². The van der Waals surface area contributed by atoms with E-state index in [-0.39, 0.29) is 6.17 Å². The maximum absolute atomic E-state index is 5.11. The van der Waals surface area contributed by atoms with E-state index in [1.807, 2.05) is 50.2 Å². The molecule has 0 aliphatic carbocycles. The van der Waals surface area contributed by atoms with Crippen LogP contribution in [0.5, 0.6) is 0 Å². The van der Waals surface area contributed by atoms with Crippen LogP contribution in [0.3, 0.4) is 0 Å². The zero-order chi connectivity index (χ0) is 36.4. The van der Waals surface area contributed by atoms with E-state index in [0.717, 1.165) is 33.9 Å². The van der Waals surface area contributed by atoms with Gasteiger partial charge in [0.25, 0.3) is 0 Å². The summed E-state index contributed by atoms with van der Waals surface area (Å²) in [5.74, 6) is 1.63. The lowest BCUT2D eigenvalue weighted by molar-refractivity contribution is 0.756. The molecule has 0 atom stereocenters. The van der Waals surface area contributed by atoms with Crippen molar-refractivity contribution in [3.05, 3.63) is 205 Å². The second-order valence-corrected chi connectivity index (χ2v) is 13.4. The first-order valence-electron chi connectivity index (χ1n) is 18.8. The van der Waals surface area contributed by atoms with E-state index in [0.29, 0.717) is 0 Å². The summed E-state index contributed by atoms with van der Waals surface area (Å²) in [5.41, 5.74) is 7.89. The number of fused-ring (bicyclic) bond motifs is 7. The number of amidine groups is 2. The van der Waals surface area contributed by atoms with Crippen LogP contribution in [-0.4, -0.2) is 11.7 Å². The van der Waals surface area contributed by atoms with Gasteiger partial charge in [0, 0.05) is 11.1 Å². The summed E-state index contributed by atoms with van der Waals surface area (Å²) in [7, 11) is 0. The van der Waals surface area contributed by atoms with Crippen molar-refractivity contribution in [1.29, 1.82) is 0 Å². The van der Waals surface area contributed by atoms with Crippen molar-refractivity contribution in [2.24, 2.45) is 9.98 Å². The third-order valence-electron chi connectivity index (χ3n) is 10.3. The Morgan fingerprint density at radius 2 is 0.833 bits per heavy atom. The van der Waals surface area contributed by atoms with Crippen LogP contribution in [0.4, 0.5) is 0 Å². The minimum absolute atomic E-state index is 0.378. The van der Waals surface area contributed by atoms with Crippen LogP contribution in [0.25, 0.3) is 65.3 Å². The van der Waals surface area contributed by atoms with Crippen LogP contribution < -0.4 is 5.32 Å². The topological polar surface area (TPSA) is 36.8 Å². The number of rotatable bonds is 5. The van der Waals surface area contributed by atoms with Crippen LogP contribution in [0.1, 0.15) is 36.7 Å². The summed E-state index contributed by atoms with van der Waals surface area (Å²) in [6.07, 6.45) is -0.378. The Balaban J connectivity index is 0.00000189. The number of nitrogens with one attached hydrogen (secondary N) is 1. The molecule has 0 fully saturated rings. The van der Waals surface area contributed by atoms with E-state index < -0.39 is 0 Å². The number of benzene rings is 9. The maximum atomic E-state index is 5.11. The largest absolute Gasteiger partial charge is 0.324 e. The fourth-order valence-electron chi connectivity index (χ4n) is 7.80. The maximum Gasteiger partial charge on any atom is 0.169 e. The zero-order valence-electron chi connectivity index (χ0n) is 30.4. The first-order chi connectivity index (χ1) is 26.8. The van der Waals surface area contributed by atoms with E-state index in [1.54, 1.807) is 0 Å². The highest BCUT2D eigenvalue weighted by Gasteiger charge is 2.21. The molecule has 1 aliphatic heterocycles. The summed E-state index contributed by atoms with van der Waals surface area (Å²) >= 11 is 0. The van der Waals surface area contributed by atoms with Gasteiger partial charge in [-0.1, -0.05) is 196 Å². The Hall–Kier alpha value is -6.84. The highest BCUT2D eigenvalue weighted by atomic mass is 15.2. The Morgan fingerprint density at radius 3 is 1.41 bits per heavy atom. The fraction of sp³-hybridized carbons (Fsp3) is 0.0588. The van der Waals surface area contributed by atoms with Crippen molar-refractivity contribution in [3.63, 3.8) is 0 Å². The van der Waals surface area contributed by atoms with Crippen molar-refractivity contribution in [2.45, 2.75) is 20.0 Å². The average Bonchev–Trinajstić information content (AvgIpc) is 3.27. The van der Waals surface area contributed by atoms with Gasteiger partial charge in [0.1, 0.15) is 11.7 Å². The van der Waals surface area contributed by atoms with Crippen LogP contribution in [0.15, 0.2) is 198 Å². The first-order valence-corrected chi connectivity index (χ1v) is 18.8. The van der Waals surface area contributed by atoms with Gasteiger partial charge in [0.15, 0.2) is 6.17 Å². The average molecular weight is 694 g/mol. The first kappa shape index (κ1) is 33.0. The highest BCUT2D eigenvalue weighted by molar-refractivity contribution is 6.26. The molecule has 0 amide bonds. The van der Waals surface area contributed by atoms with Crippen LogP contribution in [-0.2, 0) is 0 Å². The molecule has 9 aromatic rings. The smallest absolute Gasteiger partial charge is 0.169 e. The van der Waals surface area contributed by atoms with E-state index in [4.69, 9.17) is 9.98 Å². The predicted octanol–water partition coefficient (Wildman–Crippen LogP) is 13.2. The normalized spacial score (nSPS) is 12.9. The van der Waals surface area contributed by atoms with Gasteiger partial charge in [-0.25, -0.2) is 9.98 Å². The monoisotopic (exact) mass is 693 g/mol. The Morgan fingerprint density at radius 1 is 0.370 bits per heavy atom. The summed E-state index contributed by atoms with van der Waals surface area (Å²) < 4.78 is 0. The number of nitrogens with zero attached hydrogens (tertiary/aromatic N) is 2. The summed E-state index contributed by atoms with van der Waals surface area (Å²) in [5, 5.41) is 13.6. The molecule has 1 N–H and O–H groups in total. The number of hydrogen-bond donors (Lipinski definition) is 1. The highest BCUT2D eigenvalue weighted by Crippen LogP contribution is 2.42. The standard InChI is InChI=1S/C49H33N3.C2H6/c1-3-14-34(15-4-1)47-50-48(35-16-5-2-6-17-35)52-49(51-47)36-25-23-33(24-26-36)46-38-18-8-7-13-32(38)27-29-39(46)37-28-30-44-42-21-10-9-19-40(42)41-20-11-12-22-43(41)45(44)31-37;1-2/h1-31,49H,(H,50,51,52);1-2H3. The molecule has 0 unspecified atom stereocenters. The van der Waals surface area contributed by atoms with E-state index in [1.165, 1.54) is 59.8 Å². The molecular weight excluding hydrogens is 655 g/mol. The fourth-order valence-corrected chi connectivity index (χ4v) is 7.80. The molecule has 1 heterocycles. The SMILES string of the molecule is CC.c1ccc(C2=NC(c3ccc(-c4c(-c5ccc6c7ccccc7c7ccccc7c6c5)ccc5ccccc45)cc3)N=C(c3ccccc3)N2)cc1. The van der Waals surface area contributed by atoms with Gasteiger partial charge in [-0.3, -0.25) is 0 Å². The molecule has 0 spiro atoms. The lowest BCUT2D eigenvalue weighted by atomic mass is 9.87. The second-order valence-electron chi connectivity index (χ2n) is 13.4. The Bertz CT molecular complexity index is 2760. The van der Waals surface area contributed by atoms with Crippen LogP contribution in [0, 0.1) is 0 Å². The molecule has 0 saturated heterocycles. The summed E-state index contributed by atoms with van der Waals surface area (Å²) in [6, 6.07) is 67.2. The molecule has 10 rings (SSSR count). The van der Waals surface area contributed by atoms with Gasteiger partial charge in [-0.05, 0) is 77.0 Å². The molecule has 1 aliphatic rings. The lowest BCUT2D eigenvalue weighted by Crippen LogP contribution is -2.35. The molecule has 258 valence electrons. The van der Waals surface area contributed by atoms with Gasteiger partial charge in [0.05, 0.1) is 0 Å². The van der Waals surface area contributed by atoms with Crippen molar-refractivity contribution >= 4 is 54.8 Å². The molecular formula is C51H39N3. The van der Waals surface area contributed by atoms with Gasteiger partial charge in [-0.2, -0.15) is 0 Å². The lowest BCUT2D eigenvalue weighted by Gasteiger charge is -2.22. The minimum Gasteiger partial charge on any atom is -0.324 e. The van der Waals surface area contributed by atoms with Crippen molar-refractivity contribution < 1.29 is 0 Å². The van der Waals surface area contributed by atoms with Gasteiger partial charge < -0.3 is 5.32 Å². The molecule has 0 bridgehead atoms. The minimum atomic E-state index is -0.378. The second kappa shape index (κ2) is 14.3. The number of hydrogen-bond acceptors (Lipinski definition) is 3. The van der Waals surface area contributed by atoms with Crippen molar-refractivity contribution in [3.8, 4) is 22.3 Å². The van der Waals surface area contributed by atoms with Gasteiger partial charge in [-0.15, -0.1) is 0 Å². The van der Waals surface area contributed by atoms with E-state index in [2.05, 4.69) is 157 Å². The number of aliphatic imine (C=N–C) groups is 2.